The van der Waals surface area contributed by atoms with Crippen molar-refractivity contribution in [3.8, 4) is 0 Å². The molecule has 110 valence electrons. The second-order valence-corrected chi connectivity index (χ2v) is 4.76. The minimum absolute atomic E-state index is 0.203. The summed E-state index contributed by atoms with van der Waals surface area (Å²) in [4.78, 5) is 22.0. The number of carbonyl (C=O) groups is 2. The van der Waals surface area contributed by atoms with Gasteiger partial charge in [-0.05, 0) is 25.1 Å². The summed E-state index contributed by atoms with van der Waals surface area (Å²) >= 11 is 2.91. The first-order valence-corrected chi connectivity index (χ1v) is 6.07. The lowest BCUT2D eigenvalue weighted by atomic mass is 10.1. The molecule has 0 bridgehead atoms. The van der Waals surface area contributed by atoms with E-state index >= 15 is 0 Å². The first-order valence-electron chi connectivity index (χ1n) is 5.28. The number of carbonyl (C=O) groups excluding carboxylic acids is 1. The molecule has 0 radical (unpaired) electrons. The zero-order valence-electron chi connectivity index (χ0n) is 10.1. The predicted molar refractivity (Wildman–Crippen MR) is 68.4 cm³/mol. The number of amides is 2. The maximum absolute atomic E-state index is 12.8. The van der Waals surface area contributed by atoms with Crippen LogP contribution in [0.5, 0.6) is 0 Å². The van der Waals surface area contributed by atoms with Crippen LogP contribution in [0.4, 0.5) is 23.7 Å². The van der Waals surface area contributed by atoms with Gasteiger partial charge < -0.3 is 15.7 Å². The largest absolute Gasteiger partial charge is 0.480 e. The Bertz CT molecular complexity index is 534. The van der Waals surface area contributed by atoms with Gasteiger partial charge in [-0.3, -0.25) is 4.79 Å². The average Bonchev–Trinajstić information content (AvgIpc) is 2.29. The van der Waals surface area contributed by atoms with Gasteiger partial charge in [0.25, 0.3) is 0 Å². The summed E-state index contributed by atoms with van der Waals surface area (Å²) in [6.07, 6.45) is -4.65. The maximum Gasteiger partial charge on any atom is 0.418 e. The fourth-order valence-electron chi connectivity index (χ4n) is 1.28. The number of carboxylic acids is 1. The van der Waals surface area contributed by atoms with E-state index in [0.717, 1.165) is 12.1 Å². The van der Waals surface area contributed by atoms with Crippen LogP contribution in [0.25, 0.3) is 0 Å². The third-order valence-electron chi connectivity index (χ3n) is 2.25. The minimum Gasteiger partial charge on any atom is -0.480 e. The molecule has 9 heteroatoms. The highest BCUT2D eigenvalue weighted by atomic mass is 79.9. The summed E-state index contributed by atoms with van der Waals surface area (Å²) in [5.41, 5.74) is -1.50. The van der Waals surface area contributed by atoms with Gasteiger partial charge in [0, 0.05) is 4.47 Å². The van der Waals surface area contributed by atoms with Crippen LogP contribution in [0.15, 0.2) is 22.7 Å². The Morgan fingerprint density at radius 2 is 1.95 bits per heavy atom. The van der Waals surface area contributed by atoms with E-state index in [-0.39, 0.29) is 4.47 Å². The summed E-state index contributed by atoms with van der Waals surface area (Å²) in [6, 6.07) is 0.951. The fourth-order valence-corrected chi connectivity index (χ4v) is 1.64. The zero-order chi connectivity index (χ0) is 15.5. The third kappa shape index (κ3) is 4.41. The van der Waals surface area contributed by atoms with Crippen LogP contribution in [-0.2, 0) is 11.0 Å². The smallest absolute Gasteiger partial charge is 0.418 e. The molecule has 1 atom stereocenters. The number of benzene rings is 1. The molecule has 0 unspecified atom stereocenters. The molecule has 0 heterocycles. The van der Waals surface area contributed by atoms with Gasteiger partial charge in [-0.25, -0.2) is 4.79 Å². The lowest BCUT2D eigenvalue weighted by Crippen LogP contribution is -2.41. The van der Waals surface area contributed by atoms with Gasteiger partial charge in [0.15, 0.2) is 0 Å². The molecule has 5 nitrogen and oxygen atoms in total. The molecule has 0 saturated carbocycles. The van der Waals surface area contributed by atoms with Crippen molar-refractivity contribution in [1.82, 2.24) is 5.32 Å². The predicted octanol–water partition coefficient (Wildman–Crippen LogP) is 3.06. The van der Waals surface area contributed by atoms with Gasteiger partial charge in [0.05, 0.1) is 11.3 Å². The SMILES string of the molecule is C[C@@H](NC(=O)Nc1ccc(Br)cc1C(F)(F)F)C(=O)O. The molecular formula is C11H10BrF3N2O3. The lowest BCUT2D eigenvalue weighted by Gasteiger charge is -2.15. The van der Waals surface area contributed by atoms with E-state index < -0.39 is 35.5 Å². The minimum atomic E-state index is -4.65. The second-order valence-electron chi connectivity index (χ2n) is 3.85. The molecule has 0 saturated heterocycles. The Labute approximate surface area is 120 Å². The number of urea groups is 1. The monoisotopic (exact) mass is 354 g/mol. The first kappa shape index (κ1) is 16.3. The topological polar surface area (TPSA) is 78.4 Å². The average molecular weight is 355 g/mol. The summed E-state index contributed by atoms with van der Waals surface area (Å²) in [6.45, 7) is 1.19. The Morgan fingerprint density at radius 1 is 1.35 bits per heavy atom. The number of hydrogen-bond donors (Lipinski definition) is 3. The summed E-state index contributed by atoms with van der Waals surface area (Å²) in [5.74, 6) is -1.30. The standard InChI is InChI=1S/C11H10BrF3N2O3/c1-5(9(18)19)16-10(20)17-8-3-2-6(12)4-7(8)11(13,14)15/h2-5H,1H3,(H,18,19)(H2,16,17,20)/t5-/m1/s1. The van der Waals surface area contributed by atoms with Crippen molar-refractivity contribution in [2.45, 2.75) is 19.1 Å². The summed E-state index contributed by atoms with van der Waals surface area (Å²) in [5, 5.41) is 12.6. The molecule has 1 rings (SSSR count). The zero-order valence-corrected chi connectivity index (χ0v) is 11.7. The number of rotatable bonds is 3. The quantitative estimate of drug-likeness (QED) is 0.780. The number of hydrogen-bond acceptors (Lipinski definition) is 2. The van der Waals surface area contributed by atoms with Gasteiger partial charge in [-0.15, -0.1) is 0 Å². The summed E-state index contributed by atoms with van der Waals surface area (Å²) in [7, 11) is 0. The number of carboxylic acid groups (broad SMARTS) is 1. The summed E-state index contributed by atoms with van der Waals surface area (Å²) < 4.78 is 38.6. The van der Waals surface area contributed by atoms with Gasteiger partial charge in [-0.2, -0.15) is 13.2 Å². The van der Waals surface area contributed by atoms with Crippen LogP contribution >= 0.6 is 15.9 Å². The van der Waals surface area contributed by atoms with E-state index in [1.54, 1.807) is 0 Å². The highest BCUT2D eigenvalue weighted by Crippen LogP contribution is 2.36. The van der Waals surface area contributed by atoms with Crippen molar-refractivity contribution >= 4 is 33.6 Å². The van der Waals surface area contributed by atoms with E-state index in [4.69, 9.17) is 5.11 Å². The molecule has 3 N–H and O–H groups in total. The molecule has 1 aromatic carbocycles. The molecule has 2 amide bonds. The molecule has 0 aliphatic carbocycles. The van der Waals surface area contributed by atoms with Gasteiger partial charge in [0.1, 0.15) is 6.04 Å². The molecule has 0 spiro atoms. The molecule has 0 aliphatic rings. The van der Waals surface area contributed by atoms with E-state index in [2.05, 4.69) is 15.9 Å². The van der Waals surface area contributed by atoms with E-state index in [1.807, 2.05) is 10.6 Å². The normalized spacial score (nSPS) is 12.7. The van der Waals surface area contributed by atoms with Crippen molar-refractivity contribution in [3.63, 3.8) is 0 Å². The molecule has 0 fully saturated rings. The lowest BCUT2D eigenvalue weighted by molar-refractivity contribution is -0.139. The Hall–Kier alpha value is -1.77. The molecular weight excluding hydrogens is 345 g/mol. The Kier molecular flexibility index (Phi) is 4.98. The van der Waals surface area contributed by atoms with Crippen molar-refractivity contribution in [2.75, 3.05) is 5.32 Å². The van der Waals surface area contributed by atoms with Crippen LogP contribution in [0, 0.1) is 0 Å². The Balaban J connectivity index is 2.93. The van der Waals surface area contributed by atoms with Crippen LogP contribution in [0.3, 0.4) is 0 Å². The van der Waals surface area contributed by atoms with Crippen molar-refractivity contribution < 1.29 is 27.9 Å². The molecule has 1 aromatic rings. The number of aliphatic carboxylic acids is 1. The van der Waals surface area contributed by atoms with Crippen LogP contribution in [-0.4, -0.2) is 23.1 Å². The van der Waals surface area contributed by atoms with Gasteiger partial charge in [-0.1, -0.05) is 15.9 Å². The van der Waals surface area contributed by atoms with E-state index in [9.17, 15) is 22.8 Å². The van der Waals surface area contributed by atoms with Crippen LogP contribution in [0.2, 0.25) is 0 Å². The van der Waals surface area contributed by atoms with Gasteiger partial charge in [0.2, 0.25) is 0 Å². The van der Waals surface area contributed by atoms with Crippen molar-refractivity contribution in [2.24, 2.45) is 0 Å². The molecule has 20 heavy (non-hydrogen) atoms. The van der Waals surface area contributed by atoms with Crippen molar-refractivity contribution in [1.29, 1.82) is 0 Å². The highest BCUT2D eigenvalue weighted by Gasteiger charge is 2.34. The highest BCUT2D eigenvalue weighted by molar-refractivity contribution is 9.10. The van der Waals surface area contributed by atoms with Crippen LogP contribution in [0.1, 0.15) is 12.5 Å². The maximum atomic E-state index is 12.8. The second kappa shape index (κ2) is 6.12. The van der Waals surface area contributed by atoms with Gasteiger partial charge >= 0.3 is 18.2 Å². The van der Waals surface area contributed by atoms with E-state index in [0.29, 0.717) is 0 Å². The van der Waals surface area contributed by atoms with Crippen molar-refractivity contribution in [3.05, 3.63) is 28.2 Å². The van der Waals surface area contributed by atoms with E-state index in [1.165, 1.54) is 13.0 Å². The molecule has 0 aromatic heterocycles. The first-order chi connectivity index (χ1) is 9.11. The Morgan fingerprint density at radius 3 is 2.45 bits per heavy atom. The molecule has 0 aliphatic heterocycles. The third-order valence-corrected chi connectivity index (χ3v) is 2.75. The number of nitrogens with one attached hydrogen (secondary N) is 2. The number of alkyl halides is 3. The number of anilines is 1. The van der Waals surface area contributed by atoms with Crippen LogP contribution < -0.4 is 10.6 Å². The number of halogens is 4. The fraction of sp³-hybridized carbons (Fsp3) is 0.273.